The largest absolute Gasteiger partial charge is 0.388 e. The second-order valence-corrected chi connectivity index (χ2v) is 6.26. The van der Waals surface area contributed by atoms with Crippen molar-refractivity contribution < 1.29 is 5.11 Å². The number of hydrogen-bond acceptors (Lipinski definition) is 5. The molecule has 2 heterocycles. The van der Waals surface area contributed by atoms with Crippen LogP contribution >= 0.6 is 22.7 Å². The van der Waals surface area contributed by atoms with Crippen LogP contribution in [0.5, 0.6) is 0 Å². The van der Waals surface area contributed by atoms with Gasteiger partial charge in [-0.2, -0.15) is 0 Å². The number of nitrogens with zero attached hydrogens (tertiary/aromatic N) is 2. The number of aliphatic hydroxyl groups is 1. The Morgan fingerprint density at radius 1 is 1.50 bits per heavy atom. The molecule has 0 saturated heterocycles. The zero-order valence-electron chi connectivity index (χ0n) is 10.9. The van der Waals surface area contributed by atoms with Crippen molar-refractivity contribution in [3.63, 3.8) is 0 Å². The molecule has 2 aromatic heterocycles. The second kappa shape index (κ2) is 5.82. The van der Waals surface area contributed by atoms with Crippen LogP contribution in [-0.4, -0.2) is 16.6 Å². The topological polar surface area (TPSA) is 36.4 Å². The van der Waals surface area contributed by atoms with Gasteiger partial charge in [-0.15, -0.1) is 11.3 Å². The number of aryl methyl sites for hydroxylation is 1. The van der Waals surface area contributed by atoms with Gasteiger partial charge in [-0.05, 0) is 32.2 Å². The fraction of sp³-hybridized carbons (Fsp3) is 0.462. The zero-order valence-corrected chi connectivity index (χ0v) is 12.5. The monoisotopic (exact) mass is 282 g/mol. The highest BCUT2D eigenvalue weighted by Crippen LogP contribution is 2.31. The maximum atomic E-state index is 9.68. The summed E-state index contributed by atoms with van der Waals surface area (Å²) < 4.78 is 0. The van der Waals surface area contributed by atoms with Crippen molar-refractivity contribution >= 4 is 27.8 Å². The molecular formula is C13H18N2OS2. The molecule has 0 bridgehead atoms. The highest BCUT2D eigenvalue weighted by atomic mass is 32.1. The van der Waals surface area contributed by atoms with Gasteiger partial charge in [0.2, 0.25) is 0 Å². The molecule has 0 aliphatic heterocycles. The number of anilines is 1. The third-order valence-electron chi connectivity index (χ3n) is 2.78. The van der Waals surface area contributed by atoms with Crippen LogP contribution in [-0.2, 0) is 6.54 Å². The molecule has 0 fully saturated rings. The molecule has 18 heavy (non-hydrogen) atoms. The number of aliphatic hydroxyl groups excluding tert-OH is 1. The predicted molar refractivity (Wildman–Crippen MR) is 78.5 cm³/mol. The molecule has 5 heteroatoms. The molecule has 0 radical (unpaired) electrons. The lowest BCUT2D eigenvalue weighted by atomic mass is 10.3. The number of thiazole rings is 1. The Kier molecular flexibility index (Phi) is 4.37. The van der Waals surface area contributed by atoms with Crippen LogP contribution in [0.15, 0.2) is 17.5 Å². The molecule has 3 nitrogen and oxygen atoms in total. The van der Waals surface area contributed by atoms with E-state index in [9.17, 15) is 5.11 Å². The Morgan fingerprint density at radius 3 is 2.78 bits per heavy atom. The summed E-state index contributed by atoms with van der Waals surface area (Å²) in [5, 5.41) is 12.8. The van der Waals surface area contributed by atoms with E-state index in [1.165, 1.54) is 4.88 Å². The minimum atomic E-state index is -0.434. The third-order valence-corrected chi connectivity index (χ3v) is 5.03. The summed E-state index contributed by atoms with van der Waals surface area (Å²) in [5.41, 5.74) is 0.939. The number of aromatic nitrogens is 1. The van der Waals surface area contributed by atoms with E-state index in [0.29, 0.717) is 0 Å². The molecule has 1 N–H and O–H groups in total. The van der Waals surface area contributed by atoms with Gasteiger partial charge >= 0.3 is 0 Å². The Balaban J connectivity index is 2.19. The lowest BCUT2D eigenvalue weighted by molar-refractivity contribution is 0.202. The zero-order chi connectivity index (χ0) is 13.1. The first-order chi connectivity index (χ1) is 8.61. The van der Waals surface area contributed by atoms with Gasteiger partial charge in [0.15, 0.2) is 5.13 Å². The molecule has 98 valence electrons. The first-order valence-corrected chi connectivity index (χ1v) is 7.74. The first-order valence-electron chi connectivity index (χ1n) is 6.04. The molecule has 0 aliphatic carbocycles. The van der Waals surface area contributed by atoms with Crippen LogP contribution in [0.3, 0.4) is 0 Å². The third kappa shape index (κ3) is 2.91. The summed E-state index contributed by atoms with van der Waals surface area (Å²) in [7, 11) is 0. The summed E-state index contributed by atoms with van der Waals surface area (Å²) in [6.07, 6.45) is -0.434. The minimum absolute atomic E-state index is 0.434. The molecule has 0 aromatic carbocycles. The molecule has 1 atom stereocenters. The smallest absolute Gasteiger partial charge is 0.186 e. The number of hydrogen-bond donors (Lipinski definition) is 1. The lowest BCUT2D eigenvalue weighted by Gasteiger charge is -2.18. The fourth-order valence-corrected chi connectivity index (χ4v) is 3.61. The Morgan fingerprint density at radius 2 is 2.28 bits per heavy atom. The Bertz CT molecular complexity index is 491. The molecule has 0 amide bonds. The maximum absolute atomic E-state index is 9.68. The Hall–Kier alpha value is -0.910. The van der Waals surface area contributed by atoms with E-state index in [4.69, 9.17) is 0 Å². The van der Waals surface area contributed by atoms with Gasteiger partial charge in [0, 0.05) is 11.4 Å². The van der Waals surface area contributed by atoms with Crippen LogP contribution in [0.4, 0.5) is 5.13 Å². The predicted octanol–water partition coefficient (Wildman–Crippen LogP) is 3.59. The number of thiophene rings is 1. The molecule has 0 saturated carbocycles. The van der Waals surface area contributed by atoms with Crippen LogP contribution < -0.4 is 4.90 Å². The van der Waals surface area contributed by atoms with E-state index in [2.05, 4.69) is 34.3 Å². The van der Waals surface area contributed by atoms with Gasteiger partial charge in [-0.3, -0.25) is 0 Å². The van der Waals surface area contributed by atoms with E-state index in [1.807, 2.05) is 6.92 Å². The average Bonchev–Trinajstić information content (AvgIpc) is 2.94. The van der Waals surface area contributed by atoms with E-state index in [1.54, 1.807) is 29.6 Å². The van der Waals surface area contributed by atoms with Crippen molar-refractivity contribution in [2.45, 2.75) is 33.4 Å². The van der Waals surface area contributed by atoms with Crippen molar-refractivity contribution in [2.24, 2.45) is 0 Å². The molecule has 1 unspecified atom stereocenters. The molecule has 2 rings (SSSR count). The molecular weight excluding hydrogens is 264 g/mol. The van der Waals surface area contributed by atoms with Gasteiger partial charge in [-0.1, -0.05) is 17.4 Å². The van der Waals surface area contributed by atoms with Crippen LogP contribution in [0.1, 0.15) is 35.4 Å². The van der Waals surface area contributed by atoms with Gasteiger partial charge in [0.25, 0.3) is 0 Å². The van der Waals surface area contributed by atoms with Gasteiger partial charge in [0.05, 0.1) is 23.2 Å². The average molecular weight is 282 g/mol. The Labute approximate surface area is 116 Å². The standard InChI is InChI=1S/C13H18N2OS2/c1-4-15(8-11-6-5-7-17-11)13-14-9(2)12(18-13)10(3)16/h5-7,10,16H,4,8H2,1-3H3. The maximum Gasteiger partial charge on any atom is 0.186 e. The number of rotatable bonds is 5. The summed E-state index contributed by atoms with van der Waals surface area (Å²) >= 11 is 3.36. The summed E-state index contributed by atoms with van der Waals surface area (Å²) in [5.74, 6) is 0. The summed E-state index contributed by atoms with van der Waals surface area (Å²) in [6.45, 7) is 7.69. The van der Waals surface area contributed by atoms with Crippen LogP contribution in [0.2, 0.25) is 0 Å². The highest BCUT2D eigenvalue weighted by Gasteiger charge is 2.16. The first kappa shape index (κ1) is 13.5. The van der Waals surface area contributed by atoms with Crippen molar-refractivity contribution in [2.75, 3.05) is 11.4 Å². The van der Waals surface area contributed by atoms with E-state index in [0.717, 1.165) is 28.8 Å². The molecule has 0 spiro atoms. The second-order valence-electron chi connectivity index (χ2n) is 4.22. The molecule has 2 aromatic rings. The SMILES string of the molecule is CCN(Cc1cccs1)c1nc(C)c(C(C)O)s1. The van der Waals surface area contributed by atoms with Gasteiger partial charge in [-0.25, -0.2) is 4.98 Å². The lowest BCUT2D eigenvalue weighted by Crippen LogP contribution is -2.21. The summed E-state index contributed by atoms with van der Waals surface area (Å²) in [6, 6.07) is 4.21. The van der Waals surface area contributed by atoms with E-state index < -0.39 is 6.10 Å². The highest BCUT2D eigenvalue weighted by molar-refractivity contribution is 7.15. The summed E-state index contributed by atoms with van der Waals surface area (Å²) in [4.78, 5) is 9.12. The molecule has 0 aliphatic rings. The van der Waals surface area contributed by atoms with Crippen molar-refractivity contribution in [1.82, 2.24) is 4.98 Å². The van der Waals surface area contributed by atoms with E-state index >= 15 is 0 Å². The van der Waals surface area contributed by atoms with Crippen molar-refractivity contribution in [1.29, 1.82) is 0 Å². The van der Waals surface area contributed by atoms with Crippen molar-refractivity contribution in [3.05, 3.63) is 33.0 Å². The van der Waals surface area contributed by atoms with Crippen LogP contribution in [0.25, 0.3) is 0 Å². The van der Waals surface area contributed by atoms with Crippen molar-refractivity contribution in [3.8, 4) is 0 Å². The normalized spacial score (nSPS) is 12.7. The van der Waals surface area contributed by atoms with Crippen LogP contribution in [0, 0.1) is 6.92 Å². The quantitative estimate of drug-likeness (QED) is 0.910. The minimum Gasteiger partial charge on any atom is -0.388 e. The van der Waals surface area contributed by atoms with E-state index in [-0.39, 0.29) is 0 Å². The van der Waals surface area contributed by atoms with Gasteiger partial charge in [0.1, 0.15) is 0 Å². The van der Waals surface area contributed by atoms with Gasteiger partial charge < -0.3 is 10.0 Å². The fourth-order valence-electron chi connectivity index (χ4n) is 1.82.